The van der Waals surface area contributed by atoms with E-state index < -0.39 is 5.92 Å². The fourth-order valence-corrected chi connectivity index (χ4v) is 5.74. The summed E-state index contributed by atoms with van der Waals surface area (Å²) in [6, 6.07) is 23.5. The molecule has 2 amide bonds. The Morgan fingerprint density at radius 3 is 2.35 bits per heavy atom. The van der Waals surface area contributed by atoms with Crippen LogP contribution in [0.4, 0.5) is 11.4 Å². The standard InChI is InChI=1S/C30H26Cl2N4O3S/c1-3-39-25-12-8-7-11-23(25)28-24(16-33)30(40-17-26(37)35-22-14-19(31)13-20(32)15-22)34-18(2)27(28)29(38)36-21-9-5-4-6-10-21/h4-15,28,34H,3,17H2,1-2H3,(H,35,37)(H,36,38)/t28-/m0/s1. The van der Waals surface area contributed by atoms with Crippen molar-refractivity contribution in [3.8, 4) is 11.8 Å². The van der Waals surface area contributed by atoms with Gasteiger partial charge in [0, 0.05) is 38.3 Å². The molecule has 204 valence electrons. The summed E-state index contributed by atoms with van der Waals surface area (Å²) in [4.78, 5) is 26.4. The van der Waals surface area contributed by atoms with Crippen LogP contribution in [0.5, 0.6) is 5.75 Å². The molecule has 40 heavy (non-hydrogen) atoms. The Morgan fingerprint density at radius 2 is 1.68 bits per heavy atom. The average Bonchev–Trinajstić information content (AvgIpc) is 2.92. The highest BCUT2D eigenvalue weighted by Gasteiger charge is 2.36. The minimum atomic E-state index is -0.727. The quantitative estimate of drug-likeness (QED) is 0.245. The molecule has 1 atom stereocenters. The predicted octanol–water partition coefficient (Wildman–Crippen LogP) is 7.10. The van der Waals surface area contributed by atoms with E-state index in [9.17, 15) is 14.9 Å². The largest absolute Gasteiger partial charge is 0.494 e. The molecule has 0 bridgehead atoms. The molecule has 10 heteroatoms. The Bertz CT molecular complexity index is 1510. The number of carbonyl (C=O) groups is 2. The van der Waals surface area contributed by atoms with Crippen molar-refractivity contribution in [3.05, 3.63) is 110 Å². The monoisotopic (exact) mass is 592 g/mol. The summed E-state index contributed by atoms with van der Waals surface area (Å²) in [6.07, 6.45) is 0. The number of thioether (sulfide) groups is 1. The van der Waals surface area contributed by atoms with Crippen LogP contribution in [0.1, 0.15) is 25.3 Å². The lowest BCUT2D eigenvalue weighted by Gasteiger charge is -2.30. The SMILES string of the molecule is CCOc1ccccc1[C@H]1C(C#N)=C(SCC(=O)Nc2cc(Cl)cc(Cl)c2)NC(C)=C1C(=O)Nc1ccccc1. The highest BCUT2D eigenvalue weighted by atomic mass is 35.5. The summed E-state index contributed by atoms with van der Waals surface area (Å²) < 4.78 is 5.88. The number of halogens is 2. The van der Waals surface area contributed by atoms with E-state index in [0.29, 0.717) is 61.2 Å². The molecular weight excluding hydrogens is 567 g/mol. The summed E-state index contributed by atoms with van der Waals surface area (Å²) in [5, 5.41) is 20.6. The highest BCUT2D eigenvalue weighted by Crippen LogP contribution is 2.44. The molecule has 0 unspecified atom stereocenters. The fourth-order valence-electron chi connectivity index (χ4n) is 4.33. The van der Waals surface area contributed by atoms with E-state index in [1.54, 1.807) is 37.3 Å². The number of para-hydroxylation sites is 2. The molecule has 0 saturated carbocycles. The number of nitriles is 1. The van der Waals surface area contributed by atoms with Gasteiger partial charge in [0.1, 0.15) is 5.75 Å². The van der Waals surface area contributed by atoms with Crippen molar-refractivity contribution in [1.29, 1.82) is 5.26 Å². The van der Waals surface area contributed by atoms with E-state index in [2.05, 4.69) is 22.0 Å². The summed E-state index contributed by atoms with van der Waals surface area (Å²) in [5.74, 6) is -0.816. The Balaban J connectivity index is 1.67. The van der Waals surface area contributed by atoms with E-state index in [1.165, 1.54) is 11.8 Å². The number of allylic oxidation sites excluding steroid dienone is 2. The lowest BCUT2D eigenvalue weighted by Crippen LogP contribution is -2.31. The first-order chi connectivity index (χ1) is 19.3. The number of benzene rings is 3. The molecule has 3 aromatic carbocycles. The van der Waals surface area contributed by atoms with Crippen LogP contribution in [0.2, 0.25) is 10.0 Å². The molecule has 0 spiro atoms. The van der Waals surface area contributed by atoms with Gasteiger partial charge >= 0.3 is 0 Å². The van der Waals surface area contributed by atoms with Crippen LogP contribution in [0.25, 0.3) is 0 Å². The molecule has 1 aliphatic heterocycles. The first kappa shape index (κ1) is 29.1. The Kier molecular flexibility index (Phi) is 9.78. The molecule has 3 aromatic rings. The number of rotatable bonds is 9. The van der Waals surface area contributed by atoms with Gasteiger partial charge in [-0.2, -0.15) is 5.26 Å². The van der Waals surface area contributed by atoms with Crippen LogP contribution in [-0.4, -0.2) is 24.2 Å². The second-order valence-corrected chi connectivity index (χ2v) is 10.6. The molecule has 1 aliphatic rings. The smallest absolute Gasteiger partial charge is 0.254 e. The first-order valence-electron chi connectivity index (χ1n) is 12.4. The number of nitrogens with zero attached hydrogens (tertiary/aromatic N) is 1. The number of hydrogen-bond acceptors (Lipinski definition) is 6. The van der Waals surface area contributed by atoms with Crippen LogP contribution in [-0.2, 0) is 9.59 Å². The molecule has 7 nitrogen and oxygen atoms in total. The summed E-state index contributed by atoms with van der Waals surface area (Å²) in [6.45, 7) is 4.06. The summed E-state index contributed by atoms with van der Waals surface area (Å²) in [7, 11) is 0. The van der Waals surface area contributed by atoms with Crippen molar-refractivity contribution < 1.29 is 14.3 Å². The molecule has 0 radical (unpaired) electrons. The van der Waals surface area contributed by atoms with Crippen molar-refractivity contribution in [3.63, 3.8) is 0 Å². The number of nitrogens with one attached hydrogen (secondary N) is 3. The molecule has 1 heterocycles. The molecule has 0 fully saturated rings. The average molecular weight is 594 g/mol. The molecule has 0 aromatic heterocycles. The van der Waals surface area contributed by atoms with E-state index in [-0.39, 0.29) is 17.6 Å². The van der Waals surface area contributed by atoms with Gasteiger partial charge in [0.05, 0.1) is 34.9 Å². The van der Waals surface area contributed by atoms with E-state index in [1.807, 2.05) is 49.4 Å². The maximum atomic E-state index is 13.6. The number of carbonyl (C=O) groups excluding carboxylic acids is 2. The van der Waals surface area contributed by atoms with Crippen LogP contribution in [0.15, 0.2) is 94.7 Å². The maximum Gasteiger partial charge on any atom is 0.254 e. The van der Waals surface area contributed by atoms with Gasteiger partial charge in [-0.25, -0.2) is 0 Å². The Hall–Kier alpha value is -3.90. The van der Waals surface area contributed by atoms with Gasteiger partial charge < -0.3 is 20.7 Å². The lowest BCUT2D eigenvalue weighted by molar-refractivity contribution is -0.114. The van der Waals surface area contributed by atoms with Crippen LogP contribution >= 0.6 is 35.0 Å². The normalized spacial score (nSPS) is 14.7. The van der Waals surface area contributed by atoms with Gasteiger partial charge in [-0.15, -0.1) is 0 Å². The molecule has 0 saturated heterocycles. The Labute approximate surface area is 247 Å². The first-order valence-corrected chi connectivity index (χ1v) is 14.1. The predicted molar refractivity (Wildman–Crippen MR) is 161 cm³/mol. The van der Waals surface area contributed by atoms with Gasteiger partial charge in [-0.3, -0.25) is 9.59 Å². The molecule has 4 rings (SSSR count). The van der Waals surface area contributed by atoms with E-state index in [4.69, 9.17) is 27.9 Å². The van der Waals surface area contributed by atoms with Gasteiger partial charge in [0.15, 0.2) is 0 Å². The number of amides is 2. The topological polar surface area (TPSA) is 103 Å². The zero-order valence-electron chi connectivity index (χ0n) is 21.8. The minimum absolute atomic E-state index is 0.00367. The van der Waals surface area contributed by atoms with Gasteiger partial charge in [-0.05, 0) is 50.2 Å². The second kappa shape index (κ2) is 13.4. The third-order valence-corrected chi connectivity index (χ3v) is 7.40. The summed E-state index contributed by atoms with van der Waals surface area (Å²) >= 11 is 13.3. The third kappa shape index (κ3) is 6.99. The Morgan fingerprint density at radius 1 is 1.00 bits per heavy atom. The third-order valence-electron chi connectivity index (χ3n) is 5.95. The van der Waals surface area contributed by atoms with Gasteiger partial charge in [0.2, 0.25) is 5.91 Å². The lowest BCUT2D eigenvalue weighted by atomic mass is 9.81. The zero-order chi connectivity index (χ0) is 28.6. The van der Waals surface area contributed by atoms with Gasteiger partial charge in [0.25, 0.3) is 5.91 Å². The highest BCUT2D eigenvalue weighted by molar-refractivity contribution is 8.03. The number of anilines is 2. The fraction of sp³-hybridized carbons (Fsp3) is 0.167. The van der Waals surface area contributed by atoms with Crippen molar-refractivity contribution in [2.24, 2.45) is 0 Å². The van der Waals surface area contributed by atoms with Crippen LogP contribution in [0.3, 0.4) is 0 Å². The molecule has 0 aliphatic carbocycles. The van der Waals surface area contributed by atoms with Crippen molar-refractivity contribution in [2.75, 3.05) is 23.0 Å². The zero-order valence-corrected chi connectivity index (χ0v) is 24.1. The van der Waals surface area contributed by atoms with Crippen LogP contribution in [0, 0.1) is 11.3 Å². The number of ether oxygens (including phenoxy) is 1. The molecular formula is C30H26Cl2N4O3S. The molecule has 3 N–H and O–H groups in total. The maximum absolute atomic E-state index is 13.6. The van der Waals surface area contributed by atoms with Crippen molar-refractivity contribution in [2.45, 2.75) is 19.8 Å². The van der Waals surface area contributed by atoms with Crippen molar-refractivity contribution in [1.82, 2.24) is 5.32 Å². The number of hydrogen-bond donors (Lipinski definition) is 3. The van der Waals surface area contributed by atoms with Crippen molar-refractivity contribution >= 4 is 58.2 Å². The van der Waals surface area contributed by atoms with Crippen LogP contribution < -0.4 is 20.7 Å². The van der Waals surface area contributed by atoms with Gasteiger partial charge in [-0.1, -0.05) is 71.4 Å². The minimum Gasteiger partial charge on any atom is -0.494 e. The number of dihydropyridines is 1. The summed E-state index contributed by atoms with van der Waals surface area (Å²) in [5.41, 5.74) is 3.03. The van der Waals surface area contributed by atoms with E-state index >= 15 is 0 Å². The second-order valence-electron chi connectivity index (χ2n) is 8.74. The van der Waals surface area contributed by atoms with E-state index in [0.717, 1.165) is 0 Å².